The van der Waals surface area contributed by atoms with Gasteiger partial charge in [-0.25, -0.2) is 9.78 Å². The Bertz CT molecular complexity index is 638. The second-order valence-electron chi connectivity index (χ2n) is 4.77. The maximum Gasteiger partial charge on any atom is 0.338 e. The first-order valence-corrected chi connectivity index (χ1v) is 7.49. The van der Waals surface area contributed by atoms with Crippen LogP contribution in [0.25, 0.3) is 10.9 Å². The molecular formula is C15H15NO3S. The molecule has 0 unspecified atom stereocenters. The number of carbonyl (C=O) groups is 1. The van der Waals surface area contributed by atoms with Crippen LogP contribution in [0.15, 0.2) is 35.4 Å². The summed E-state index contributed by atoms with van der Waals surface area (Å²) in [5.41, 5.74) is 1.13. The number of fused-ring (bicyclic) bond motifs is 1. The molecule has 2 heterocycles. The molecule has 1 saturated heterocycles. The highest BCUT2D eigenvalue weighted by molar-refractivity contribution is 7.99. The minimum absolute atomic E-state index is 0.292. The van der Waals surface area contributed by atoms with Crippen LogP contribution in [0.2, 0.25) is 0 Å². The van der Waals surface area contributed by atoms with E-state index in [1.807, 2.05) is 24.3 Å². The summed E-state index contributed by atoms with van der Waals surface area (Å²) in [6.07, 6.45) is 1.89. The van der Waals surface area contributed by atoms with Crippen molar-refractivity contribution in [1.82, 2.24) is 4.98 Å². The molecule has 4 nitrogen and oxygen atoms in total. The Kier molecular flexibility index (Phi) is 3.89. The molecule has 2 aromatic rings. The first-order chi connectivity index (χ1) is 9.74. The van der Waals surface area contributed by atoms with Crippen LogP contribution >= 0.6 is 11.8 Å². The van der Waals surface area contributed by atoms with Gasteiger partial charge in [-0.15, -0.1) is 11.8 Å². The summed E-state index contributed by atoms with van der Waals surface area (Å²) >= 11 is 1.56. The summed E-state index contributed by atoms with van der Waals surface area (Å²) in [6.45, 7) is 1.49. The number of aromatic nitrogens is 1. The quantitative estimate of drug-likeness (QED) is 0.940. The third-order valence-electron chi connectivity index (χ3n) is 3.37. The second-order valence-corrected chi connectivity index (χ2v) is 6.06. The minimum atomic E-state index is -0.919. The number of rotatable bonds is 3. The molecule has 1 aromatic carbocycles. The summed E-state index contributed by atoms with van der Waals surface area (Å²) in [5.74, 6) is -0.919. The SMILES string of the molecule is O=C(O)c1cc2ccccc2nc1SC1CCOCC1. The average molecular weight is 289 g/mol. The van der Waals surface area contributed by atoms with E-state index in [1.165, 1.54) is 0 Å². The molecule has 104 valence electrons. The van der Waals surface area contributed by atoms with Gasteiger partial charge in [-0.1, -0.05) is 18.2 Å². The number of carboxylic acids is 1. The number of aromatic carboxylic acids is 1. The number of pyridine rings is 1. The highest BCUT2D eigenvalue weighted by Gasteiger charge is 2.20. The molecule has 1 aliphatic heterocycles. The van der Waals surface area contributed by atoms with Crippen molar-refractivity contribution >= 4 is 28.6 Å². The van der Waals surface area contributed by atoms with E-state index >= 15 is 0 Å². The van der Waals surface area contributed by atoms with Crippen molar-refractivity contribution in [3.05, 3.63) is 35.9 Å². The number of thioether (sulfide) groups is 1. The van der Waals surface area contributed by atoms with E-state index in [0.717, 1.165) is 37.0 Å². The van der Waals surface area contributed by atoms with Gasteiger partial charge in [0, 0.05) is 23.8 Å². The molecule has 0 atom stereocenters. The van der Waals surface area contributed by atoms with Crippen LogP contribution in [0.1, 0.15) is 23.2 Å². The monoisotopic (exact) mass is 289 g/mol. The molecule has 0 saturated carbocycles. The average Bonchev–Trinajstić information content (AvgIpc) is 2.47. The summed E-state index contributed by atoms with van der Waals surface area (Å²) in [6, 6.07) is 9.32. The summed E-state index contributed by atoms with van der Waals surface area (Å²) < 4.78 is 5.34. The predicted octanol–water partition coefficient (Wildman–Crippen LogP) is 3.20. The number of benzene rings is 1. The zero-order chi connectivity index (χ0) is 13.9. The van der Waals surface area contributed by atoms with Gasteiger partial charge in [-0.2, -0.15) is 0 Å². The summed E-state index contributed by atoms with van der Waals surface area (Å²) in [7, 11) is 0. The molecule has 1 aromatic heterocycles. The standard InChI is InChI=1S/C15H15NO3S/c17-15(18)12-9-10-3-1-2-4-13(10)16-14(12)20-11-5-7-19-8-6-11/h1-4,9,11H,5-8H2,(H,17,18). The van der Waals surface area contributed by atoms with Crippen LogP contribution in [0, 0.1) is 0 Å². The molecule has 0 spiro atoms. The van der Waals surface area contributed by atoms with Crippen molar-refractivity contribution in [2.24, 2.45) is 0 Å². The third-order valence-corrected chi connectivity index (χ3v) is 4.71. The molecule has 5 heteroatoms. The van der Waals surface area contributed by atoms with Crippen molar-refractivity contribution in [3.8, 4) is 0 Å². The van der Waals surface area contributed by atoms with Crippen molar-refractivity contribution in [1.29, 1.82) is 0 Å². The fourth-order valence-corrected chi connectivity index (χ4v) is 3.46. The molecule has 0 bridgehead atoms. The first kappa shape index (κ1) is 13.4. The number of hydrogen-bond acceptors (Lipinski definition) is 4. The van der Waals surface area contributed by atoms with E-state index in [0.29, 0.717) is 15.8 Å². The van der Waals surface area contributed by atoms with Crippen molar-refractivity contribution in [3.63, 3.8) is 0 Å². The molecule has 1 N–H and O–H groups in total. The first-order valence-electron chi connectivity index (χ1n) is 6.61. The third kappa shape index (κ3) is 2.78. The highest BCUT2D eigenvalue weighted by Crippen LogP contribution is 2.32. The minimum Gasteiger partial charge on any atom is -0.478 e. The second kappa shape index (κ2) is 5.81. The molecular weight excluding hydrogens is 274 g/mol. The Morgan fingerprint density at radius 3 is 2.80 bits per heavy atom. The van der Waals surface area contributed by atoms with E-state index in [9.17, 15) is 9.90 Å². The lowest BCUT2D eigenvalue weighted by Crippen LogP contribution is -2.18. The van der Waals surface area contributed by atoms with Crippen LogP contribution < -0.4 is 0 Å². The van der Waals surface area contributed by atoms with Crippen molar-refractivity contribution in [2.45, 2.75) is 23.1 Å². The van der Waals surface area contributed by atoms with Crippen molar-refractivity contribution in [2.75, 3.05) is 13.2 Å². The van der Waals surface area contributed by atoms with Gasteiger partial charge in [0.2, 0.25) is 0 Å². The lowest BCUT2D eigenvalue weighted by atomic mass is 10.1. The van der Waals surface area contributed by atoms with E-state index in [-0.39, 0.29) is 0 Å². The molecule has 1 fully saturated rings. The Labute approximate surface area is 121 Å². The van der Waals surface area contributed by atoms with Crippen LogP contribution in [-0.2, 0) is 4.74 Å². The Hall–Kier alpha value is -1.59. The number of ether oxygens (including phenoxy) is 1. The van der Waals surface area contributed by atoms with Gasteiger partial charge in [0.25, 0.3) is 0 Å². The normalized spacial score (nSPS) is 16.4. The fraction of sp³-hybridized carbons (Fsp3) is 0.333. The van der Waals surface area contributed by atoms with Crippen LogP contribution in [0.5, 0.6) is 0 Å². The van der Waals surface area contributed by atoms with Crippen molar-refractivity contribution < 1.29 is 14.6 Å². The number of carboxylic acid groups (broad SMARTS) is 1. The summed E-state index contributed by atoms with van der Waals surface area (Å²) in [5, 5.41) is 11.2. The zero-order valence-corrected chi connectivity index (χ0v) is 11.7. The van der Waals surface area contributed by atoms with E-state index < -0.39 is 5.97 Å². The van der Waals surface area contributed by atoms with Gasteiger partial charge in [0.1, 0.15) is 5.03 Å². The molecule has 0 aliphatic carbocycles. The molecule has 1 aliphatic rings. The summed E-state index contributed by atoms with van der Waals surface area (Å²) in [4.78, 5) is 16.0. The molecule has 0 amide bonds. The van der Waals surface area contributed by atoms with Gasteiger partial charge in [0.05, 0.1) is 11.1 Å². The largest absolute Gasteiger partial charge is 0.478 e. The van der Waals surface area contributed by atoms with Gasteiger partial charge in [-0.3, -0.25) is 0 Å². The van der Waals surface area contributed by atoms with E-state index in [2.05, 4.69) is 4.98 Å². The molecule has 3 rings (SSSR count). The van der Waals surface area contributed by atoms with E-state index in [1.54, 1.807) is 17.8 Å². The van der Waals surface area contributed by atoms with Crippen LogP contribution in [0.4, 0.5) is 0 Å². The number of para-hydroxylation sites is 1. The number of hydrogen-bond donors (Lipinski definition) is 1. The predicted molar refractivity (Wildman–Crippen MR) is 78.4 cm³/mol. The number of nitrogens with zero attached hydrogens (tertiary/aromatic N) is 1. The lowest BCUT2D eigenvalue weighted by molar-refractivity contribution is 0.0692. The Morgan fingerprint density at radius 1 is 1.30 bits per heavy atom. The van der Waals surface area contributed by atoms with Gasteiger partial charge < -0.3 is 9.84 Å². The van der Waals surface area contributed by atoms with Crippen LogP contribution in [-0.4, -0.2) is 34.5 Å². The maximum atomic E-state index is 11.4. The molecule has 20 heavy (non-hydrogen) atoms. The smallest absolute Gasteiger partial charge is 0.338 e. The molecule has 0 radical (unpaired) electrons. The lowest BCUT2D eigenvalue weighted by Gasteiger charge is -2.21. The van der Waals surface area contributed by atoms with Gasteiger partial charge in [-0.05, 0) is 25.0 Å². The van der Waals surface area contributed by atoms with Gasteiger partial charge >= 0.3 is 5.97 Å². The fourth-order valence-electron chi connectivity index (χ4n) is 2.29. The van der Waals surface area contributed by atoms with Gasteiger partial charge in [0.15, 0.2) is 0 Å². The topological polar surface area (TPSA) is 59.4 Å². The Balaban J connectivity index is 1.98. The zero-order valence-electron chi connectivity index (χ0n) is 10.9. The van der Waals surface area contributed by atoms with E-state index in [4.69, 9.17) is 4.74 Å². The Morgan fingerprint density at radius 2 is 2.05 bits per heavy atom. The highest BCUT2D eigenvalue weighted by atomic mass is 32.2. The van der Waals surface area contributed by atoms with Crippen LogP contribution in [0.3, 0.4) is 0 Å². The maximum absolute atomic E-state index is 11.4.